The summed E-state index contributed by atoms with van der Waals surface area (Å²) in [5.41, 5.74) is 1.23. The van der Waals surface area contributed by atoms with Crippen molar-refractivity contribution in [2.45, 2.75) is 6.42 Å². The molecule has 1 fully saturated rings. The minimum atomic E-state index is -0.594. The third kappa shape index (κ3) is 3.42. The molecule has 0 N–H and O–H groups in total. The van der Waals surface area contributed by atoms with E-state index in [0.717, 1.165) is 5.82 Å². The van der Waals surface area contributed by atoms with Crippen molar-refractivity contribution in [1.82, 2.24) is 24.7 Å². The Kier molecular flexibility index (Phi) is 4.38. The Morgan fingerprint density at radius 2 is 2.00 bits per heavy atom. The third-order valence-electron chi connectivity index (χ3n) is 4.61. The Balaban J connectivity index is 1.37. The lowest BCUT2D eigenvalue weighted by atomic mass is 10.1. The number of aromatic nitrogens is 4. The summed E-state index contributed by atoms with van der Waals surface area (Å²) in [6.45, 7) is 2.46. The maximum absolute atomic E-state index is 13.7. The van der Waals surface area contributed by atoms with Gasteiger partial charge >= 0.3 is 0 Å². The van der Waals surface area contributed by atoms with Gasteiger partial charge in [0.2, 0.25) is 5.91 Å². The highest BCUT2D eigenvalue weighted by Gasteiger charge is 2.22. The van der Waals surface area contributed by atoms with Crippen LogP contribution in [0.3, 0.4) is 0 Å². The molecule has 1 aromatic carbocycles. The van der Waals surface area contributed by atoms with Gasteiger partial charge in [-0.25, -0.2) is 4.39 Å². The van der Waals surface area contributed by atoms with E-state index in [1.807, 2.05) is 12.1 Å². The average Bonchev–Trinajstić information content (AvgIpc) is 3.16. The van der Waals surface area contributed by atoms with Crippen LogP contribution in [0.4, 0.5) is 10.2 Å². The maximum atomic E-state index is 13.7. The molecule has 3 aromatic rings. The van der Waals surface area contributed by atoms with Crippen LogP contribution in [0.15, 0.2) is 36.7 Å². The van der Waals surface area contributed by atoms with E-state index in [-0.39, 0.29) is 17.9 Å². The SMILES string of the molecule is N#Cc1ccc(CC(=O)N2CCN(c3ccc4nncn4n3)CC2)cc1F. The number of fused-ring (bicyclic) bond motifs is 1. The van der Waals surface area contributed by atoms with Gasteiger partial charge in [-0.05, 0) is 29.8 Å². The molecule has 3 heterocycles. The number of hydrogen-bond acceptors (Lipinski definition) is 6. The van der Waals surface area contributed by atoms with Gasteiger partial charge in [0.15, 0.2) is 5.65 Å². The van der Waals surface area contributed by atoms with E-state index in [1.165, 1.54) is 12.1 Å². The predicted octanol–water partition coefficient (Wildman–Crippen LogP) is 1.03. The van der Waals surface area contributed by atoms with Gasteiger partial charge < -0.3 is 9.80 Å². The van der Waals surface area contributed by atoms with Gasteiger partial charge in [-0.3, -0.25) is 4.79 Å². The summed E-state index contributed by atoms with van der Waals surface area (Å²) in [7, 11) is 0. The molecule has 0 atom stereocenters. The van der Waals surface area contributed by atoms with E-state index in [2.05, 4.69) is 20.2 Å². The van der Waals surface area contributed by atoms with Gasteiger partial charge in [0.25, 0.3) is 0 Å². The molecule has 1 saturated heterocycles. The van der Waals surface area contributed by atoms with Gasteiger partial charge in [-0.2, -0.15) is 9.78 Å². The van der Waals surface area contributed by atoms with Crippen LogP contribution in [0.5, 0.6) is 0 Å². The number of nitrogens with zero attached hydrogens (tertiary/aromatic N) is 7. The number of halogens is 1. The highest BCUT2D eigenvalue weighted by molar-refractivity contribution is 5.79. The van der Waals surface area contributed by atoms with Crippen LogP contribution < -0.4 is 4.90 Å². The zero-order valence-corrected chi connectivity index (χ0v) is 14.4. The number of anilines is 1. The zero-order valence-electron chi connectivity index (χ0n) is 14.4. The number of benzene rings is 1. The molecule has 0 bridgehead atoms. The fourth-order valence-corrected chi connectivity index (χ4v) is 3.12. The Bertz CT molecular complexity index is 1030. The largest absolute Gasteiger partial charge is 0.352 e. The highest BCUT2D eigenvalue weighted by Crippen LogP contribution is 2.16. The van der Waals surface area contributed by atoms with Crippen molar-refractivity contribution in [1.29, 1.82) is 5.26 Å². The summed E-state index contributed by atoms with van der Waals surface area (Å²) in [5.74, 6) is 0.160. The number of nitriles is 1. The minimum Gasteiger partial charge on any atom is -0.352 e. The van der Waals surface area contributed by atoms with Gasteiger partial charge in [0, 0.05) is 26.2 Å². The first-order chi connectivity index (χ1) is 13.1. The Morgan fingerprint density at radius 1 is 1.19 bits per heavy atom. The van der Waals surface area contributed by atoms with Crippen LogP contribution in [-0.4, -0.2) is 56.8 Å². The number of amides is 1. The van der Waals surface area contributed by atoms with Crippen molar-refractivity contribution in [3.05, 3.63) is 53.6 Å². The molecule has 136 valence electrons. The van der Waals surface area contributed by atoms with Crippen molar-refractivity contribution < 1.29 is 9.18 Å². The van der Waals surface area contributed by atoms with Crippen molar-refractivity contribution in [3.63, 3.8) is 0 Å². The summed E-state index contributed by atoms with van der Waals surface area (Å²) < 4.78 is 15.3. The third-order valence-corrected chi connectivity index (χ3v) is 4.61. The average molecular weight is 365 g/mol. The summed E-state index contributed by atoms with van der Waals surface area (Å²) in [6.07, 6.45) is 1.67. The molecule has 0 aliphatic carbocycles. The monoisotopic (exact) mass is 365 g/mol. The lowest BCUT2D eigenvalue weighted by Crippen LogP contribution is -2.49. The first kappa shape index (κ1) is 16.9. The van der Waals surface area contributed by atoms with Crippen molar-refractivity contribution in [2.24, 2.45) is 0 Å². The van der Waals surface area contributed by atoms with Gasteiger partial charge in [-0.1, -0.05) is 6.07 Å². The predicted molar refractivity (Wildman–Crippen MR) is 94.4 cm³/mol. The van der Waals surface area contributed by atoms with Gasteiger partial charge in [0.05, 0.1) is 12.0 Å². The lowest BCUT2D eigenvalue weighted by Gasteiger charge is -2.35. The molecule has 1 aliphatic heterocycles. The normalized spacial score (nSPS) is 14.4. The Hall–Kier alpha value is -3.54. The smallest absolute Gasteiger partial charge is 0.227 e. The number of piperazine rings is 1. The second-order valence-electron chi connectivity index (χ2n) is 6.30. The summed E-state index contributed by atoms with van der Waals surface area (Å²) >= 11 is 0. The standard InChI is InChI=1S/C18H16FN7O/c19-15-9-13(1-2-14(15)11-20)10-18(27)25-7-5-24(6-8-25)17-4-3-16-22-21-12-26(16)23-17/h1-4,9,12H,5-8,10H2. The summed E-state index contributed by atoms with van der Waals surface area (Å²) in [4.78, 5) is 16.4. The number of rotatable bonds is 3. The molecular weight excluding hydrogens is 349 g/mol. The van der Waals surface area contributed by atoms with Crippen LogP contribution in [0.2, 0.25) is 0 Å². The fourth-order valence-electron chi connectivity index (χ4n) is 3.12. The molecule has 9 heteroatoms. The minimum absolute atomic E-state index is 0.0163. The summed E-state index contributed by atoms with van der Waals surface area (Å²) in [6, 6.07) is 9.80. The maximum Gasteiger partial charge on any atom is 0.227 e. The molecule has 4 rings (SSSR count). The first-order valence-corrected chi connectivity index (χ1v) is 8.52. The summed E-state index contributed by atoms with van der Waals surface area (Å²) in [5, 5.41) is 21.0. The molecule has 0 spiro atoms. The molecule has 0 radical (unpaired) electrons. The van der Waals surface area contributed by atoms with E-state index < -0.39 is 5.82 Å². The quantitative estimate of drug-likeness (QED) is 0.689. The van der Waals surface area contributed by atoms with Crippen molar-refractivity contribution in [3.8, 4) is 6.07 Å². The second kappa shape index (κ2) is 6.99. The Morgan fingerprint density at radius 3 is 2.74 bits per heavy atom. The fraction of sp³-hybridized carbons (Fsp3) is 0.278. The number of hydrogen-bond donors (Lipinski definition) is 0. The van der Waals surface area contributed by atoms with Crippen LogP contribution in [-0.2, 0) is 11.2 Å². The van der Waals surface area contributed by atoms with Crippen LogP contribution in [0, 0.1) is 17.1 Å². The van der Waals surface area contributed by atoms with E-state index in [1.54, 1.807) is 27.9 Å². The van der Waals surface area contributed by atoms with Crippen LogP contribution in [0.25, 0.3) is 5.65 Å². The van der Waals surface area contributed by atoms with Gasteiger partial charge in [0.1, 0.15) is 24.0 Å². The molecule has 27 heavy (non-hydrogen) atoms. The molecular formula is C18H16FN7O. The van der Waals surface area contributed by atoms with Crippen LogP contribution in [0.1, 0.15) is 11.1 Å². The van der Waals surface area contributed by atoms with Crippen molar-refractivity contribution >= 4 is 17.4 Å². The van der Waals surface area contributed by atoms with Gasteiger partial charge in [-0.15, -0.1) is 15.3 Å². The molecule has 2 aromatic heterocycles. The van der Waals surface area contributed by atoms with Crippen molar-refractivity contribution in [2.75, 3.05) is 31.1 Å². The molecule has 0 saturated carbocycles. The number of carbonyl (C=O) groups is 1. The topological polar surface area (TPSA) is 90.4 Å². The molecule has 0 unspecified atom stereocenters. The lowest BCUT2D eigenvalue weighted by molar-refractivity contribution is -0.130. The molecule has 1 aliphatic rings. The second-order valence-corrected chi connectivity index (χ2v) is 6.30. The highest BCUT2D eigenvalue weighted by atomic mass is 19.1. The molecule has 8 nitrogen and oxygen atoms in total. The van der Waals surface area contributed by atoms with E-state index in [4.69, 9.17) is 5.26 Å². The molecule has 1 amide bonds. The van der Waals surface area contributed by atoms with E-state index in [9.17, 15) is 9.18 Å². The Labute approximate surface area is 154 Å². The van der Waals surface area contributed by atoms with E-state index in [0.29, 0.717) is 37.4 Å². The first-order valence-electron chi connectivity index (χ1n) is 8.52. The van der Waals surface area contributed by atoms with Crippen LogP contribution >= 0.6 is 0 Å². The van der Waals surface area contributed by atoms with E-state index >= 15 is 0 Å². The number of carbonyl (C=O) groups excluding carboxylic acids is 1. The zero-order chi connectivity index (χ0) is 18.8.